The molecule has 0 radical (unpaired) electrons. The summed E-state index contributed by atoms with van der Waals surface area (Å²) in [6, 6.07) is 0. The standard InChI is InChI=1S/C9H8F5NO2/c1-17-8-4(3-16)6(7(10)11)5(2-15-8)9(12,13)14/h2,7,16H,3H2,1H3. The van der Waals surface area contributed by atoms with Gasteiger partial charge in [0, 0.05) is 17.3 Å². The van der Waals surface area contributed by atoms with E-state index >= 15 is 0 Å². The van der Waals surface area contributed by atoms with Gasteiger partial charge in [0.05, 0.1) is 19.3 Å². The monoisotopic (exact) mass is 257 g/mol. The second kappa shape index (κ2) is 4.82. The van der Waals surface area contributed by atoms with Crippen LogP contribution < -0.4 is 4.74 Å². The van der Waals surface area contributed by atoms with Gasteiger partial charge >= 0.3 is 6.18 Å². The summed E-state index contributed by atoms with van der Waals surface area (Å²) < 4.78 is 67.2. The van der Waals surface area contributed by atoms with Gasteiger partial charge in [-0.15, -0.1) is 0 Å². The maximum Gasteiger partial charge on any atom is 0.418 e. The number of ether oxygens (including phenoxy) is 1. The molecule has 0 aliphatic rings. The van der Waals surface area contributed by atoms with Crippen LogP contribution in [0.3, 0.4) is 0 Å². The van der Waals surface area contributed by atoms with Crippen LogP contribution in [0.15, 0.2) is 6.20 Å². The van der Waals surface area contributed by atoms with E-state index in [9.17, 15) is 22.0 Å². The SMILES string of the molecule is COc1ncc(C(F)(F)F)c(C(F)F)c1CO. The minimum Gasteiger partial charge on any atom is -0.481 e. The van der Waals surface area contributed by atoms with E-state index in [2.05, 4.69) is 9.72 Å². The van der Waals surface area contributed by atoms with Crippen molar-refractivity contribution in [1.29, 1.82) is 0 Å². The molecule has 17 heavy (non-hydrogen) atoms. The Hall–Kier alpha value is -1.44. The smallest absolute Gasteiger partial charge is 0.418 e. The van der Waals surface area contributed by atoms with E-state index in [0.29, 0.717) is 0 Å². The number of pyridine rings is 1. The van der Waals surface area contributed by atoms with Crippen molar-refractivity contribution < 1.29 is 31.8 Å². The lowest BCUT2D eigenvalue weighted by atomic mass is 10.0. The number of alkyl halides is 5. The number of aromatic nitrogens is 1. The number of halogens is 5. The number of hydrogen-bond acceptors (Lipinski definition) is 3. The summed E-state index contributed by atoms with van der Waals surface area (Å²) in [5.41, 5.74) is -3.53. The molecule has 1 aromatic rings. The number of rotatable bonds is 3. The van der Waals surface area contributed by atoms with E-state index < -0.39 is 41.8 Å². The van der Waals surface area contributed by atoms with Gasteiger partial charge in [0.1, 0.15) is 0 Å². The quantitative estimate of drug-likeness (QED) is 0.846. The lowest BCUT2D eigenvalue weighted by Crippen LogP contribution is -2.14. The molecule has 0 aliphatic carbocycles. The predicted octanol–water partition coefficient (Wildman–Crippen LogP) is 2.54. The van der Waals surface area contributed by atoms with E-state index in [0.717, 1.165) is 7.11 Å². The molecule has 0 amide bonds. The molecule has 8 heteroatoms. The van der Waals surface area contributed by atoms with Gasteiger partial charge in [-0.2, -0.15) is 13.2 Å². The molecule has 0 saturated carbocycles. The van der Waals surface area contributed by atoms with Crippen molar-refractivity contribution in [3.05, 3.63) is 22.9 Å². The van der Waals surface area contributed by atoms with E-state index in [1.807, 2.05) is 0 Å². The highest BCUT2D eigenvalue weighted by Gasteiger charge is 2.38. The maximum absolute atomic E-state index is 12.6. The van der Waals surface area contributed by atoms with Crippen molar-refractivity contribution in [1.82, 2.24) is 4.98 Å². The largest absolute Gasteiger partial charge is 0.481 e. The molecule has 1 aromatic heterocycles. The van der Waals surface area contributed by atoms with Crippen molar-refractivity contribution >= 4 is 0 Å². The van der Waals surface area contributed by atoms with Crippen LogP contribution in [0.2, 0.25) is 0 Å². The fourth-order valence-electron chi connectivity index (χ4n) is 1.35. The van der Waals surface area contributed by atoms with Gasteiger partial charge in [-0.1, -0.05) is 0 Å². The van der Waals surface area contributed by atoms with Crippen molar-refractivity contribution in [2.24, 2.45) is 0 Å². The van der Waals surface area contributed by atoms with Crippen LogP contribution >= 0.6 is 0 Å². The predicted molar refractivity (Wildman–Crippen MR) is 46.7 cm³/mol. The summed E-state index contributed by atoms with van der Waals surface area (Å²) in [5, 5.41) is 8.85. The van der Waals surface area contributed by atoms with Crippen LogP contribution in [0, 0.1) is 0 Å². The zero-order chi connectivity index (χ0) is 13.2. The number of nitrogens with zero attached hydrogens (tertiary/aromatic N) is 1. The molecule has 96 valence electrons. The molecule has 0 aromatic carbocycles. The number of aliphatic hydroxyl groups excluding tert-OH is 1. The summed E-state index contributed by atoms with van der Waals surface area (Å²) in [4.78, 5) is 3.24. The van der Waals surface area contributed by atoms with E-state index in [4.69, 9.17) is 5.11 Å². The molecule has 3 nitrogen and oxygen atoms in total. The van der Waals surface area contributed by atoms with Crippen LogP contribution in [-0.2, 0) is 12.8 Å². The summed E-state index contributed by atoms with van der Waals surface area (Å²) in [5.74, 6) is -0.448. The highest BCUT2D eigenvalue weighted by Crippen LogP contribution is 2.39. The Bertz CT molecular complexity index is 405. The average molecular weight is 257 g/mol. The molecule has 0 saturated heterocycles. The molecular formula is C9H8F5NO2. The molecule has 0 bridgehead atoms. The minimum atomic E-state index is -4.96. The molecular weight excluding hydrogens is 249 g/mol. The fraction of sp³-hybridized carbons (Fsp3) is 0.444. The first-order chi connectivity index (χ1) is 7.82. The zero-order valence-electron chi connectivity index (χ0n) is 8.55. The third-order valence-corrected chi connectivity index (χ3v) is 2.06. The third kappa shape index (κ3) is 2.63. The molecule has 0 unspecified atom stereocenters. The van der Waals surface area contributed by atoms with Crippen molar-refractivity contribution in [3.63, 3.8) is 0 Å². The normalized spacial score (nSPS) is 12.0. The first-order valence-corrected chi connectivity index (χ1v) is 4.34. The number of hydrogen-bond donors (Lipinski definition) is 1. The van der Waals surface area contributed by atoms with Crippen LogP contribution in [0.1, 0.15) is 23.1 Å². The van der Waals surface area contributed by atoms with Gasteiger partial charge < -0.3 is 9.84 Å². The lowest BCUT2D eigenvalue weighted by Gasteiger charge is -2.16. The van der Waals surface area contributed by atoms with Gasteiger partial charge in [0.2, 0.25) is 5.88 Å². The Morgan fingerprint density at radius 3 is 2.35 bits per heavy atom. The molecule has 1 heterocycles. The van der Waals surface area contributed by atoms with E-state index in [1.165, 1.54) is 0 Å². The van der Waals surface area contributed by atoms with Crippen LogP contribution in [0.5, 0.6) is 5.88 Å². The maximum atomic E-state index is 12.6. The zero-order valence-corrected chi connectivity index (χ0v) is 8.55. The highest BCUT2D eigenvalue weighted by molar-refractivity contribution is 5.41. The summed E-state index contributed by atoms with van der Waals surface area (Å²) in [6.07, 6.45) is -8.08. The number of methoxy groups -OCH3 is 1. The second-order valence-electron chi connectivity index (χ2n) is 3.03. The van der Waals surface area contributed by atoms with Crippen molar-refractivity contribution in [2.75, 3.05) is 7.11 Å². The average Bonchev–Trinajstić information content (AvgIpc) is 2.25. The van der Waals surface area contributed by atoms with Gasteiger partial charge in [-0.05, 0) is 0 Å². The first kappa shape index (κ1) is 13.6. The lowest BCUT2D eigenvalue weighted by molar-refractivity contribution is -0.139. The van der Waals surface area contributed by atoms with Crippen molar-refractivity contribution in [2.45, 2.75) is 19.2 Å². The Balaban J connectivity index is 3.54. The molecule has 0 atom stereocenters. The summed E-state index contributed by atoms with van der Waals surface area (Å²) in [6.45, 7) is -1.01. The third-order valence-electron chi connectivity index (χ3n) is 2.06. The van der Waals surface area contributed by atoms with Gasteiger partial charge in [-0.3, -0.25) is 0 Å². The van der Waals surface area contributed by atoms with Crippen LogP contribution in [-0.4, -0.2) is 17.2 Å². The number of aliphatic hydroxyl groups is 1. The molecule has 0 fully saturated rings. The van der Waals surface area contributed by atoms with E-state index in [1.54, 1.807) is 0 Å². The molecule has 1 rings (SSSR count). The summed E-state index contributed by atoms with van der Waals surface area (Å²) in [7, 11) is 1.06. The summed E-state index contributed by atoms with van der Waals surface area (Å²) >= 11 is 0. The van der Waals surface area contributed by atoms with Crippen molar-refractivity contribution in [3.8, 4) is 5.88 Å². The molecule has 0 aliphatic heterocycles. The Labute approximate surface area is 92.8 Å². The molecule has 1 N–H and O–H groups in total. The Kier molecular flexibility index (Phi) is 3.87. The minimum absolute atomic E-state index is 0.263. The fourth-order valence-corrected chi connectivity index (χ4v) is 1.35. The Morgan fingerprint density at radius 2 is 2.00 bits per heavy atom. The van der Waals surface area contributed by atoms with E-state index in [-0.39, 0.29) is 6.20 Å². The van der Waals surface area contributed by atoms with Gasteiger partial charge in [0.15, 0.2) is 0 Å². The topological polar surface area (TPSA) is 42.4 Å². The Morgan fingerprint density at radius 1 is 1.41 bits per heavy atom. The highest BCUT2D eigenvalue weighted by atomic mass is 19.4. The second-order valence-corrected chi connectivity index (χ2v) is 3.03. The van der Waals surface area contributed by atoms with Gasteiger partial charge in [-0.25, -0.2) is 13.8 Å². The van der Waals surface area contributed by atoms with Crippen LogP contribution in [0.4, 0.5) is 22.0 Å². The molecule has 0 spiro atoms. The van der Waals surface area contributed by atoms with Crippen LogP contribution in [0.25, 0.3) is 0 Å². The van der Waals surface area contributed by atoms with Gasteiger partial charge in [0.25, 0.3) is 6.43 Å². The first-order valence-electron chi connectivity index (χ1n) is 4.34.